The lowest BCUT2D eigenvalue weighted by molar-refractivity contribution is -0.201. The molecule has 0 heterocycles. The molecule has 0 spiro atoms. The first-order valence-electron chi connectivity index (χ1n) is 11.7. The molecule has 0 aliphatic heterocycles. The van der Waals surface area contributed by atoms with Crippen LogP contribution in [-0.2, 0) is 19.1 Å². The second kappa shape index (κ2) is 7.70. The molecule has 182 valence electrons. The first-order valence-corrected chi connectivity index (χ1v) is 12.0. The van der Waals surface area contributed by atoms with Crippen LogP contribution in [-0.4, -0.2) is 45.9 Å². The van der Waals surface area contributed by atoms with E-state index in [0.29, 0.717) is 18.4 Å². The number of aliphatic hydroxyl groups excluding tert-OH is 1. The van der Waals surface area contributed by atoms with E-state index in [1.54, 1.807) is 33.8 Å². The predicted octanol–water partition coefficient (Wildman–Crippen LogP) is 4.40. The summed E-state index contributed by atoms with van der Waals surface area (Å²) in [4.78, 5) is 36.2. The van der Waals surface area contributed by atoms with Crippen LogP contribution in [0.4, 0.5) is 8.78 Å². The van der Waals surface area contributed by atoms with Crippen LogP contribution in [0.25, 0.3) is 0 Å². The number of hydrogen-bond donors (Lipinski definition) is 1. The molecule has 33 heavy (non-hydrogen) atoms. The highest BCUT2D eigenvalue weighted by Crippen LogP contribution is 2.72. The zero-order valence-electron chi connectivity index (χ0n) is 19.4. The Morgan fingerprint density at radius 1 is 1.30 bits per heavy atom. The summed E-state index contributed by atoms with van der Waals surface area (Å²) in [7, 11) is 0. The highest BCUT2D eigenvalue weighted by atomic mass is 35.5. The number of alkyl halides is 2. The molecule has 3 fully saturated rings. The molecule has 4 aliphatic rings. The molecule has 0 aromatic carbocycles. The Morgan fingerprint density at radius 3 is 2.58 bits per heavy atom. The third kappa shape index (κ3) is 2.81. The fourth-order valence-electron chi connectivity index (χ4n) is 7.83. The summed E-state index contributed by atoms with van der Waals surface area (Å²) < 4.78 is 34.6. The van der Waals surface area contributed by atoms with E-state index in [2.05, 4.69) is 0 Å². The van der Waals surface area contributed by atoms with Gasteiger partial charge in [-0.1, -0.05) is 33.8 Å². The van der Waals surface area contributed by atoms with Gasteiger partial charge in [-0.15, -0.1) is 11.6 Å². The van der Waals surface area contributed by atoms with Crippen LogP contribution < -0.4 is 0 Å². The van der Waals surface area contributed by atoms with Gasteiger partial charge in [0.15, 0.2) is 18.1 Å². The van der Waals surface area contributed by atoms with Crippen molar-refractivity contribution in [2.24, 2.45) is 28.6 Å². The van der Waals surface area contributed by atoms with Gasteiger partial charge < -0.3 is 9.84 Å². The molecule has 4 aliphatic carbocycles. The van der Waals surface area contributed by atoms with Crippen molar-refractivity contribution in [2.45, 2.75) is 76.4 Å². The fourth-order valence-corrected chi connectivity index (χ4v) is 8.34. The number of ketones is 2. The van der Waals surface area contributed by atoms with Gasteiger partial charge in [-0.05, 0) is 49.2 Å². The zero-order chi connectivity index (χ0) is 24.6. The minimum Gasteiger partial charge on any atom is -0.450 e. The van der Waals surface area contributed by atoms with Gasteiger partial charge in [0, 0.05) is 23.2 Å². The van der Waals surface area contributed by atoms with Crippen LogP contribution in [0.2, 0.25) is 0 Å². The standard InChI is InChI=1S/C25H31ClF2O5/c1-5-20(32)33-25(19(31)12-27)13(2)10-16-14-6-7-15-21(28)17(29)8-9-22(15,3)24(14,26)18(30)11-23(16,25)4/h8-9,13-14,16,18,30H,5-7,10-12H2,1-4H3/t13?,14-,16-,18-,22-,23-,24-,25+/m0/s1. The van der Waals surface area contributed by atoms with Gasteiger partial charge in [0.25, 0.3) is 0 Å². The Morgan fingerprint density at radius 2 is 1.97 bits per heavy atom. The summed E-state index contributed by atoms with van der Waals surface area (Å²) in [5.41, 5.74) is -3.57. The number of fused-ring (bicyclic) bond motifs is 5. The van der Waals surface area contributed by atoms with Gasteiger partial charge in [-0.2, -0.15) is 0 Å². The molecule has 0 aromatic heterocycles. The van der Waals surface area contributed by atoms with E-state index in [0.717, 1.165) is 0 Å². The predicted molar refractivity (Wildman–Crippen MR) is 118 cm³/mol. The number of Topliss-reactive ketones (excluding diaryl/α,β-unsaturated/α-hetero) is 1. The average Bonchev–Trinajstić information content (AvgIpc) is 2.99. The molecule has 1 unspecified atom stereocenters. The Bertz CT molecular complexity index is 978. The molecule has 0 saturated heterocycles. The van der Waals surface area contributed by atoms with Crippen LogP contribution in [0.1, 0.15) is 59.8 Å². The lowest BCUT2D eigenvalue weighted by Gasteiger charge is -2.64. The normalized spacial score (nSPS) is 46.5. The van der Waals surface area contributed by atoms with Crippen molar-refractivity contribution < 1.29 is 33.0 Å². The molecule has 1 N–H and O–H groups in total. The molecule has 8 heteroatoms. The van der Waals surface area contributed by atoms with Crippen LogP contribution in [0.5, 0.6) is 0 Å². The number of aliphatic hydroxyl groups is 1. The van der Waals surface area contributed by atoms with E-state index in [4.69, 9.17) is 16.3 Å². The summed E-state index contributed by atoms with van der Waals surface area (Å²) in [5.74, 6) is -4.05. The minimum absolute atomic E-state index is 0.0168. The van der Waals surface area contributed by atoms with E-state index in [1.165, 1.54) is 6.08 Å². The summed E-state index contributed by atoms with van der Waals surface area (Å²) in [6.07, 6.45) is 2.69. The topological polar surface area (TPSA) is 80.7 Å². The molecule has 8 atom stereocenters. The van der Waals surface area contributed by atoms with Crippen molar-refractivity contribution in [2.75, 3.05) is 6.67 Å². The Labute approximate surface area is 197 Å². The van der Waals surface area contributed by atoms with Gasteiger partial charge in [0.05, 0.1) is 11.0 Å². The Balaban J connectivity index is 1.87. The summed E-state index contributed by atoms with van der Waals surface area (Å²) >= 11 is 7.29. The van der Waals surface area contributed by atoms with E-state index in [1.807, 2.05) is 0 Å². The van der Waals surface area contributed by atoms with Crippen LogP contribution >= 0.6 is 11.6 Å². The third-order valence-electron chi connectivity index (χ3n) is 9.37. The molecule has 0 aromatic rings. The number of hydrogen-bond acceptors (Lipinski definition) is 5. The van der Waals surface area contributed by atoms with Crippen molar-refractivity contribution in [3.8, 4) is 0 Å². The second-order valence-corrected chi connectivity index (χ2v) is 11.2. The molecular weight excluding hydrogens is 454 g/mol. The number of carbonyl (C=O) groups excluding carboxylic acids is 3. The molecule has 3 saturated carbocycles. The van der Waals surface area contributed by atoms with E-state index in [-0.39, 0.29) is 31.1 Å². The summed E-state index contributed by atoms with van der Waals surface area (Å²) in [5, 5.41) is 11.6. The number of rotatable bonds is 4. The molecule has 0 bridgehead atoms. The average molecular weight is 485 g/mol. The van der Waals surface area contributed by atoms with Gasteiger partial charge in [-0.25, -0.2) is 8.78 Å². The number of ether oxygens (including phenoxy) is 1. The van der Waals surface area contributed by atoms with E-state index >= 15 is 0 Å². The summed E-state index contributed by atoms with van der Waals surface area (Å²) in [6.45, 7) is 5.63. The highest BCUT2D eigenvalue weighted by molar-refractivity contribution is 6.26. The van der Waals surface area contributed by atoms with Gasteiger partial charge in [-0.3, -0.25) is 14.4 Å². The quantitative estimate of drug-likeness (QED) is 0.472. The lowest BCUT2D eigenvalue weighted by Crippen LogP contribution is -2.69. The zero-order valence-corrected chi connectivity index (χ0v) is 20.2. The number of carbonyl (C=O) groups is 3. The number of esters is 1. The lowest BCUT2D eigenvalue weighted by atomic mass is 9.45. The maximum Gasteiger partial charge on any atom is 0.306 e. The smallest absolute Gasteiger partial charge is 0.306 e. The van der Waals surface area contributed by atoms with Crippen molar-refractivity contribution in [3.05, 3.63) is 23.6 Å². The summed E-state index contributed by atoms with van der Waals surface area (Å²) in [6, 6.07) is 0. The van der Waals surface area contributed by atoms with Crippen molar-refractivity contribution in [3.63, 3.8) is 0 Å². The Hall–Kier alpha value is -1.60. The maximum atomic E-state index is 14.9. The number of allylic oxidation sites excluding steroid dienone is 4. The molecule has 0 radical (unpaired) electrons. The van der Waals surface area contributed by atoms with Crippen molar-refractivity contribution in [1.29, 1.82) is 0 Å². The minimum atomic E-state index is -1.71. The molecule has 5 nitrogen and oxygen atoms in total. The largest absolute Gasteiger partial charge is 0.450 e. The molecular formula is C25H31ClF2O5. The monoisotopic (exact) mass is 484 g/mol. The maximum absolute atomic E-state index is 14.9. The molecule has 0 amide bonds. The van der Waals surface area contributed by atoms with Crippen LogP contribution in [0.15, 0.2) is 23.6 Å². The van der Waals surface area contributed by atoms with Gasteiger partial charge in [0.1, 0.15) is 0 Å². The van der Waals surface area contributed by atoms with Crippen LogP contribution in [0.3, 0.4) is 0 Å². The third-order valence-corrected chi connectivity index (χ3v) is 10.3. The first kappa shape index (κ1) is 24.5. The second-order valence-electron chi connectivity index (χ2n) is 10.6. The highest BCUT2D eigenvalue weighted by Gasteiger charge is 2.76. The molecule has 4 rings (SSSR count). The fraction of sp³-hybridized carbons (Fsp3) is 0.720. The number of halogens is 3. The van der Waals surface area contributed by atoms with E-state index < -0.39 is 63.4 Å². The Kier molecular flexibility index (Phi) is 5.73. The van der Waals surface area contributed by atoms with Gasteiger partial charge >= 0.3 is 5.97 Å². The first-order chi connectivity index (χ1) is 15.3. The van der Waals surface area contributed by atoms with Crippen molar-refractivity contribution in [1.82, 2.24) is 0 Å². The SMILES string of the molecule is CCC(=O)O[C@@]1(C(=O)CF)C(C)C[C@H]2[C@@H]3CCC4=C(F)C(=O)C=C[C@]4(C)[C@@]3(Cl)[C@@H](O)C[C@@]21C. The van der Waals surface area contributed by atoms with Crippen molar-refractivity contribution >= 4 is 29.1 Å². The van der Waals surface area contributed by atoms with Gasteiger partial charge in [0.2, 0.25) is 11.6 Å². The van der Waals surface area contributed by atoms with Crippen LogP contribution in [0, 0.1) is 28.6 Å². The van der Waals surface area contributed by atoms with E-state index in [9.17, 15) is 28.3 Å².